The van der Waals surface area contributed by atoms with Gasteiger partial charge in [0.05, 0.1) is 4.90 Å². The van der Waals surface area contributed by atoms with Gasteiger partial charge in [-0.1, -0.05) is 61.9 Å². The van der Waals surface area contributed by atoms with Crippen molar-refractivity contribution < 1.29 is 17.0 Å². The van der Waals surface area contributed by atoms with Gasteiger partial charge in [-0.15, -0.1) is 0 Å². The third-order valence-electron chi connectivity index (χ3n) is 3.92. The molecule has 0 amide bonds. The summed E-state index contributed by atoms with van der Waals surface area (Å²) >= 11 is 0. The minimum Gasteiger partial charge on any atom is -0.284 e. The molecular weight excluding hydrogens is 353 g/mol. The van der Waals surface area contributed by atoms with E-state index in [4.69, 9.17) is 4.18 Å². The van der Waals surface area contributed by atoms with E-state index in [2.05, 4.69) is 5.32 Å². The number of benzene rings is 2. The normalized spacial score (nSPS) is 14.3. The lowest BCUT2D eigenvalue weighted by Gasteiger charge is -2.23. The first kappa shape index (κ1) is 20.6. The minimum atomic E-state index is -4.06. The molecule has 0 saturated heterocycles. The Morgan fingerprint density at radius 1 is 1.04 bits per heavy atom. The van der Waals surface area contributed by atoms with Crippen molar-refractivity contribution in [2.75, 3.05) is 0 Å². The maximum atomic E-state index is 14.7. The fraction of sp³-hybridized carbons (Fsp3) is 0.400. The summed E-state index contributed by atoms with van der Waals surface area (Å²) in [5, 5.41) is 2.90. The second-order valence-electron chi connectivity index (χ2n) is 6.80. The molecule has 0 radical (unpaired) electrons. The topological polar surface area (TPSA) is 55.4 Å². The first-order valence-corrected chi connectivity index (χ1v) is 10.1. The Hall–Kier alpha value is -1.76. The van der Waals surface area contributed by atoms with Crippen molar-refractivity contribution in [3.05, 3.63) is 65.7 Å². The molecule has 2 aromatic rings. The van der Waals surface area contributed by atoms with Crippen LogP contribution < -0.4 is 5.32 Å². The average Bonchev–Trinajstić information content (AvgIpc) is 2.59. The summed E-state index contributed by atoms with van der Waals surface area (Å²) in [6, 6.07) is 15.7. The van der Waals surface area contributed by atoms with E-state index in [1.54, 1.807) is 12.1 Å². The van der Waals surface area contributed by atoms with Gasteiger partial charge in [-0.25, -0.2) is 8.57 Å². The van der Waals surface area contributed by atoms with E-state index in [0.29, 0.717) is 6.54 Å². The van der Waals surface area contributed by atoms with Crippen molar-refractivity contribution in [2.45, 2.75) is 51.0 Å². The fourth-order valence-electron chi connectivity index (χ4n) is 2.51. The average molecular weight is 379 g/mol. The molecule has 2 atom stereocenters. The summed E-state index contributed by atoms with van der Waals surface area (Å²) in [5.74, 6) is 0.0803. The smallest absolute Gasteiger partial charge is 0.284 e. The number of aryl methyl sites for hydroxylation is 1. The molecule has 0 saturated carbocycles. The van der Waals surface area contributed by atoms with Gasteiger partial charge in [0.2, 0.25) is 0 Å². The van der Waals surface area contributed by atoms with Crippen LogP contribution >= 0.6 is 0 Å². The number of rotatable bonds is 9. The van der Waals surface area contributed by atoms with Gasteiger partial charge in [0.15, 0.2) is 6.23 Å². The lowest BCUT2D eigenvalue weighted by molar-refractivity contribution is 0.0631. The molecule has 1 N–H and O–H groups in total. The Bertz CT molecular complexity index is 776. The van der Waals surface area contributed by atoms with E-state index < -0.39 is 22.5 Å². The molecule has 0 heterocycles. The molecule has 6 heteroatoms. The molecule has 0 aliphatic rings. The van der Waals surface area contributed by atoms with Gasteiger partial charge >= 0.3 is 0 Å². The van der Waals surface area contributed by atoms with Crippen molar-refractivity contribution >= 4 is 10.1 Å². The fourth-order valence-corrected chi connectivity index (χ4v) is 3.55. The summed E-state index contributed by atoms with van der Waals surface area (Å²) in [6.07, 6.45) is -2.49. The van der Waals surface area contributed by atoms with Crippen LogP contribution in [0.25, 0.3) is 0 Å². The molecule has 0 aromatic heterocycles. The molecule has 0 aliphatic carbocycles. The van der Waals surface area contributed by atoms with Gasteiger partial charge in [0.25, 0.3) is 10.1 Å². The number of alkyl halides is 1. The van der Waals surface area contributed by atoms with Crippen molar-refractivity contribution in [2.24, 2.45) is 5.92 Å². The van der Waals surface area contributed by atoms with Crippen LogP contribution in [0.2, 0.25) is 0 Å². The number of hydrogen-bond donors (Lipinski definition) is 1. The van der Waals surface area contributed by atoms with E-state index in [0.717, 1.165) is 11.1 Å². The summed E-state index contributed by atoms with van der Waals surface area (Å²) < 4.78 is 45.0. The quantitative estimate of drug-likeness (QED) is 0.524. The summed E-state index contributed by atoms with van der Waals surface area (Å²) in [6.45, 7) is 5.94. The van der Waals surface area contributed by atoms with E-state index in [9.17, 15) is 12.8 Å². The van der Waals surface area contributed by atoms with E-state index >= 15 is 0 Å². The minimum absolute atomic E-state index is 0.0198. The molecule has 0 fully saturated rings. The van der Waals surface area contributed by atoms with Crippen LogP contribution in [0.1, 0.15) is 31.4 Å². The molecule has 0 bridgehead atoms. The number of halogens is 1. The Morgan fingerprint density at radius 2 is 1.65 bits per heavy atom. The maximum Gasteiger partial charge on any atom is 0.298 e. The molecular formula is C20H26FNO3S. The molecule has 2 aromatic carbocycles. The van der Waals surface area contributed by atoms with Crippen LogP contribution in [0.3, 0.4) is 0 Å². The molecule has 1 unspecified atom stereocenters. The SMILES string of the molecule is Cc1ccc(S(=O)(=O)O[C@H](NCc2ccccc2)C(F)CC(C)C)cc1. The van der Waals surface area contributed by atoms with Crippen LogP contribution in [0.5, 0.6) is 0 Å². The Labute approximate surface area is 155 Å². The number of nitrogens with one attached hydrogen (secondary N) is 1. The zero-order chi connectivity index (χ0) is 19.2. The van der Waals surface area contributed by atoms with E-state index in [1.165, 1.54) is 12.1 Å². The third kappa shape index (κ3) is 6.20. The monoisotopic (exact) mass is 379 g/mol. The van der Waals surface area contributed by atoms with Crippen molar-refractivity contribution in [1.82, 2.24) is 5.32 Å². The second kappa shape index (κ2) is 9.26. The Balaban J connectivity index is 2.15. The first-order chi connectivity index (χ1) is 12.3. The largest absolute Gasteiger partial charge is 0.298 e. The highest BCUT2D eigenvalue weighted by molar-refractivity contribution is 7.86. The molecule has 0 aliphatic heterocycles. The van der Waals surface area contributed by atoms with Crippen LogP contribution in [0.4, 0.5) is 4.39 Å². The third-order valence-corrected chi connectivity index (χ3v) is 5.23. The molecule has 2 rings (SSSR count). The maximum absolute atomic E-state index is 14.7. The Kier molecular flexibility index (Phi) is 7.32. The summed E-state index contributed by atoms with van der Waals surface area (Å²) in [4.78, 5) is 0.0198. The van der Waals surface area contributed by atoms with Gasteiger partial charge in [0.1, 0.15) is 6.17 Å². The molecule has 142 valence electrons. The van der Waals surface area contributed by atoms with Crippen LogP contribution in [0.15, 0.2) is 59.5 Å². The molecule has 0 spiro atoms. The van der Waals surface area contributed by atoms with Crippen molar-refractivity contribution in [3.8, 4) is 0 Å². The van der Waals surface area contributed by atoms with E-state index in [-0.39, 0.29) is 17.2 Å². The van der Waals surface area contributed by atoms with Crippen LogP contribution in [-0.2, 0) is 20.8 Å². The summed E-state index contributed by atoms with van der Waals surface area (Å²) in [7, 11) is -4.06. The van der Waals surface area contributed by atoms with Gasteiger partial charge in [-0.2, -0.15) is 8.42 Å². The highest BCUT2D eigenvalue weighted by Crippen LogP contribution is 2.20. The number of hydrogen-bond acceptors (Lipinski definition) is 4. The molecule has 4 nitrogen and oxygen atoms in total. The highest BCUT2D eigenvalue weighted by Gasteiger charge is 2.29. The van der Waals surface area contributed by atoms with Crippen molar-refractivity contribution in [1.29, 1.82) is 0 Å². The van der Waals surface area contributed by atoms with Gasteiger partial charge in [-0.3, -0.25) is 5.32 Å². The zero-order valence-corrected chi connectivity index (χ0v) is 16.2. The molecule has 26 heavy (non-hydrogen) atoms. The standard InChI is InChI=1S/C20H26FNO3S/c1-15(2)13-19(21)20(22-14-17-7-5-4-6-8-17)25-26(23,24)18-11-9-16(3)10-12-18/h4-12,15,19-20,22H,13-14H2,1-3H3/t19?,20-/m0/s1. The first-order valence-electron chi connectivity index (χ1n) is 8.69. The van der Waals surface area contributed by atoms with Crippen LogP contribution in [-0.4, -0.2) is 20.8 Å². The van der Waals surface area contributed by atoms with Gasteiger partial charge in [-0.05, 0) is 37.0 Å². The highest BCUT2D eigenvalue weighted by atomic mass is 32.2. The van der Waals surface area contributed by atoms with Crippen LogP contribution in [0, 0.1) is 12.8 Å². The lowest BCUT2D eigenvalue weighted by atomic mass is 10.1. The lowest BCUT2D eigenvalue weighted by Crippen LogP contribution is -2.41. The summed E-state index contributed by atoms with van der Waals surface area (Å²) in [5.41, 5.74) is 1.86. The van der Waals surface area contributed by atoms with Crippen molar-refractivity contribution in [3.63, 3.8) is 0 Å². The van der Waals surface area contributed by atoms with Gasteiger partial charge in [0, 0.05) is 6.54 Å². The van der Waals surface area contributed by atoms with E-state index in [1.807, 2.05) is 51.1 Å². The Morgan fingerprint density at radius 3 is 2.23 bits per heavy atom. The predicted molar refractivity (Wildman–Crippen MR) is 101 cm³/mol. The predicted octanol–water partition coefficient (Wildman–Crippen LogP) is 4.20. The second-order valence-corrected chi connectivity index (χ2v) is 8.37. The van der Waals surface area contributed by atoms with Gasteiger partial charge < -0.3 is 0 Å². The zero-order valence-electron chi connectivity index (χ0n) is 15.4.